The molecule has 0 aliphatic heterocycles. The molecule has 3 N–H and O–H groups in total. The molecular formula is C27H26N4O4. The van der Waals surface area contributed by atoms with Crippen molar-refractivity contribution in [1.29, 1.82) is 0 Å². The quantitative estimate of drug-likeness (QED) is 0.369. The van der Waals surface area contributed by atoms with Crippen molar-refractivity contribution in [2.45, 2.75) is 26.8 Å². The van der Waals surface area contributed by atoms with Crippen molar-refractivity contribution in [2.75, 3.05) is 0 Å². The zero-order valence-electron chi connectivity index (χ0n) is 19.7. The van der Waals surface area contributed by atoms with Crippen LogP contribution in [-0.4, -0.2) is 28.7 Å². The van der Waals surface area contributed by atoms with Gasteiger partial charge in [-0.15, -0.1) is 0 Å². The number of pyridine rings is 1. The summed E-state index contributed by atoms with van der Waals surface area (Å²) >= 11 is 0. The van der Waals surface area contributed by atoms with E-state index < -0.39 is 17.9 Å². The molecule has 0 spiro atoms. The van der Waals surface area contributed by atoms with Gasteiger partial charge in [-0.1, -0.05) is 50.2 Å². The van der Waals surface area contributed by atoms with Gasteiger partial charge < -0.3 is 9.73 Å². The predicted octanol–water partition coefficient (Wildman–Crippen LogP) is 4.02. The first-order valence-corrected chi connectivity index (χ1v) is 11.3. The molecule has 2 aromatic carbocycles. The van der Waals surface area contributed by atoms with E-state index in [0.717, 1.165) is 5.56 Å². The molecule has 178 valence electrons. The lowest BCUT2D eigenvalue weighted by Gasteiger charge is -2.22. The Morgan fingerprint density at radius 1 is 0.857 bits per heavy atom. The minimum atomic E-state index is -0.852. The van der Waals surface area contributed by atoms with Crippen LogP contribution in [0, 0.1) is 12.8 Å². The second-order valence-electron chi connectivity index (χ2n) is 8.50. The molecule has 0 aliphatic rings. The molecule has 0 bridgehead atoms. The van der Waals surface area contributed by atoms with E-state index in [-0.39, 0.29) is 11.8 Å². The predicted molar refractivity (Wildman–Crippen MR) is 132 cm³/mol. The molecule has 0 radical (unpaired) electrons. The molecule has 0 aliphatic carbocycles. The number of carbonyl (C=O) groups is 3. The molecule has 4 rings (SSSR count). The van der Waals surface area contributed by atoms with Crippen LogP contribution in [0.15, 0.2) is 77.4 Å². The van der Waals surface area contributed by atoms with Gasteiger partial charge in [0.2, 0.25) is 0 Å². The van der Waals surface area contributed by atoms with Gasteiger partial charge in [0.05, 0.1) is 17.3 Å². The normalized spacial score (nSPS) is 11.8. The fraction of sp³-hybridized carbons (Fsp3) is 0.185. The lowest BCUT2D eigenvalue weighted by Crippen LogP contribution is -2.54. The van der Waals surface area contributed by atoms with Gasteiger partial charge in [0.25, 0.3) is 17.7 Å². The average Bonchev–Trinajstić information content (AvgIpc) is 3.40. The molecule has 35 heavy (non-hydrogen) atoms. The van der Waals surface area contributed by atoms with Crippen LogP contribution in [0.2, 0.25) is 0 Å². The maximum atomic E-state index is 13.1. The van der Waals surface area contributed by atoms with Crippen molar-refractivity contribution >= 4 is 28.6 Å². The van der Waals surface area contributed by atoms with Crippen molar-refractivity contribution < 1.29 is 18.8 Å². The summed E-state index contributed by atoms with van der Waals surface area (Å²) in [7, 11) is 0. The van der Waals surface area contributed by atoms with E-state index >= 15 is 0 Å². The second kappa shape index (κ2) is 10.2. The number of aryl methyl sites for hydroxylation is 1. The summed E-state index contributed by atoms with van der Waals surface area (Å²) in [5.41, 5.74) is 7.66. The van der Waals surface area contributed by atoms with E-state index in [9.17, 15) is 14.4 Å². The van der Waals surface area contributed by atoms with Gasteiger partial charge in [0.15, 0.2) is 5.76 Å². The first-order valence-electron chi connectivity index (χ1n) is 11.3. The van der Waals surface area contributed by atoms with E-state index in [1.54, 1.807) is 42.5 Å². The van der Waals surface area contributed by atoms with Gasteiger partial charge in [-0.25, -0.2) is 4.98 Å². The molecule has 8 heteroatoms. The monoisotopic (exact) mass is 470 g/mol. The highest BCUT2D eigenvalue weighted by atomic mass is 16.3. The van der Waals surface area contributed by atoms with Crippen LogP contribution in [0.1, 0.15) is 40.1 Å². The van der Waals surface area contributed by atoms with E-state index in [2.05, 4.69) is 21.2 Å². The Hall–Kier alpha value is -4.46. The van der Waals surface area contributed by atoms with E-state index in [4.69, 9.17) is 4.42 Å². The van der Waals surface area contributed by atoms with Gasteiger partial charge in [0.1, 0.15) is 11.7 Å². The van der Waals surface area contributed by atoms with Crippen LogP contribution < -0.4 is 16.2 Å². The zero-order valence-corrected chi connectivity index (χ0v) is 19.7. The number of amides is 3. The number of carbonyl (C=O) groups excluding carboxylic acids is 3. The fourth-order valence-corrected chi connectivity index (χ4v) is 3.76. The van der Waals surface area contributed by atoms with Gasteiger partial charge >= 0.3 is 0 Å². The lowest BCUT2D eigenvalue weighted by molar-refractivity contribution is -0.124. The standard InChI is InChI=1S/C27H26N4O4/c1-16(2)24(29-25(32)18-10-5-4-9-17(18)3)27(34)31-30-26(33)20-15-22(23-13-8-14-35-23)28-21-12-7-6-11-19(20)21/h4-16,24H,1-3H3,(H,29,32)(H,30,33)(H,31,34). The van der Waals surface area contributed by atoms with Gasteiger partial charge in [-0.3, -0.25) is 25.2 Å². The van der Waals surface area contributed by atoms with Gasteiger partial charge in [0, 0.05) is 10.9 Å². The largest absolute Gasteiger partial charge is 0.463 e. The molecule has 0 saturated carbocycles. The minimum absolute atomic E-state index is 0.216. The Morgan fingerprint density at radius 3 is 2.31 bits per heavy atom. The zero-order chi connectivity index (χ0) is 24.9. The Bertz CT molecular complexity index is 1380. The first kappa shape index (κ1) is 23.7. The molecule has 4 aromatic rings. The van der Waals surface area contributed by atoms with Crippen LogP contribution in [0.5, 0.6) is 0 Å². The van der Waals surface area contributed by atoms with Gasteiger partial charge in [-0.05, 0) is 48.7 Å². The number of hydrogen-bond acceptors (Lipinski definition) is 5. The topological polar surface area (TPSA) is 113 Å². The Balaban J connectivity index is 1.51. The van der Waals surface area contributed by atoms with Crippen LogP contribution in [0.4, 0.5) is 0 Å². The van der Waals surface area contributed by atoms with Crippen molar-refractivity contribution in [3.63, 3.8) is 0 Å². The van der Waals surface area contributed by atoms with Crippen molar-refractivity contribution in [3.8, 4) is 11.5 Å². The van der Waals surface area contributed by atoms with Crippen LogP contribution in [0.25, 0.3) is 22.4 Å². The summed E-state index contributed by atoms with van der Waals surface area (Å²) in [5, 5.41) is 3.40. The molecule has 2 aromatic heterocycles. The number of hydrogen-bond donors (Lipinski definition) is 3. The SMILES string of the molecule is Cc1ccccc1C(=O)NC(C(=O)NNC(=O)c1cc(-c2ccco2)nc2ccccc12)C(C)C. The summed E-state index contributed by atoms with van der Waals surface area (Å²) in [5.74, 6) is -1.09. The average molecular weight is 471 g/mol. The van der Waals surface area contributed by atoms with Gasteiger partial charge in [-0.2, -0.15) is 0 Å². The third-order valence-electron chi connectivity index (χ3n) is 5.66. The molecule has 2 heterocycles. The summed E-state index contributed by atoms with van der Waals surface area (Å²) in [6, 6.07) is 18.6. The number of para-hydroxylation sites is 1. The number of benzene rings is 2. The summed E-state index contributed by atoms with van der Waals surface area (Å²) < 4.78 is 5.44. The molecule has 3 amide bonds. The molecule has 1 unspecified atom stereocenters. The Morgan fingerprint density at radius 2 is 1.60 bits per heavy atom. The highest BCUT2D eigenvalue weighted by Gasteiger charge is 2.26. The van der Waals surface area contributed by atoms with E-state index in [1.165, 1.54) is 6.26 Å². The molecule has 0 fully saturated rings. The van der Waals surface area contributed by atoms with Crippen LogP contribution in [-0.2, 0) is 4.79 Å². The van der Waals surface area contributed by atoms with E-state index in [0.29, 0.717) is 33.5 Å². The summed E-state index contributed by atoms with van der Waals surface area (Å²) in [6.45, 7) is 5.46. The van der Waals surface area contributed by atoms with Crippen molar-refractivity contribution in [3.05, 3.63) is 89.7 Å². The lowest BCUT2D eigenvalue weighted by atomic mass is 10.0. The van der Waals surface area contributed by atoms with Crippen LogP contribution >= 0.6 is 0 Å². The number of rotatable bonds is 6. The third-order valence-corrected chi connectivity index (χ3v) is 5.66. The third kappa shape index (κ3) is 5.22. The summed E-state index contributed by atoms with van der Waals surface area (Å²) in [4.78, 5) is 43.3. The van der Waals surface area contributed by atoms with E-state index in [1.807, 2.05) is 45.0 Å². The molecular weight excluding hydrogens is 444 g/mol. The smallest absolute Gasteiger partial charge is 0.270 e. The molecule has 8 nitrogen and oxygen atoms in total. The van der Waals surface area contributed by atoms with Crippen molar-refractivity contribution in [1.82, 2.24) is 21.2 Å². The molecule has 1 atom stereocenters. The Labute approximate surface area is 202 Å². The Kier molecular flexibility index (Phi) is 6.91. The number of furan rings is 1. The number of nitrogens with one attached hydrogen (secondary N) is 3. The molecule has 0 saturated heterocycles. The highest BCUT2D eigenvalue weighted by Crippen LogP contribution is 2.25. The maximum Gasteiger partial charge on any atom is 0.270 e. The fourth-order valence-electron chi connectivity index (χ4n) is 3.76. The van der Waals surface area contributed by atoms with Crippen molar-refractivity contribution in [2.24, 2.45) is 5.92 Å². The number of aromatic nitrogens is 1. The summed E-state index contributed by atoms with van der Waals surface area (Å²) in [6.07, 6.45) is 1.53. The second-order valence-corrected chi connectivity index (χ2v) is 8.50. The minimum Gasteiger partial charge on any atom is -0.463 e. The number of hydrazine groups is 1. The number of nitrogens with zero attached hydrogens (tertiary/aromatic N) is 1. The highest BCUT2D eigenvalue weighted by molar-refractivity contribution is 6.07. The number of fused-ring (bicyclic) bond motifs is 1. The first-order chi connectivity index (χ1) is 16.8. The maximum absolute atomic E-state index is 13.1. The van der Waals surface area contributed by atoms with Crippen LogP contribution in [0.3, 0.4) is 0 Å².